The second kappa shape index (κ2) is 9.41. The number of nitrogens with zero attached hydrogens (tertiary/aromatic N) is 5. The van der Waals surface area contributed by atoms with E-state index < -0.39 is 0 Å². The van der Waals surface area contributed by atoms with Crippen LogP contribution in [-0.4, -0.2) is 62.5 Å². The van der Waals surface area contributed by atoms with Gasteiger partial charge in [0, 0.05) is 63.5 Å². The molecule has 2 fully saturated rings. The van der Waals surface area contributed by atoms with Crippen LogP contribution < -0.4 is 14.7 Å². The number of para-hydroxylation sites is 1. The molecule has 1 aliphatic carbocycles. The van der Waals surface area contributed by atoms with Crippen LogP contribution in [0.2, 0.25) is 0 Å². The molecular weight excluding hydrogens is 422 g/mol. The second-order valence-electron chi connectivity index (χ2n) is 10.2. The third-order valence-corrected chi connectivity index (χ3v) is 7.45. The number of likely N-dealkylation sites (N-methyl/N-ethyl adjacent to an activating group) is 1. The Kier molecular flexibility index (Phi) is 6.34. The van der Waals surface area contributed by atoms with Gasteiger partial charge in [0.1, 0.15) is 11.6 Å². The zero-order valence-electron chi connectivity index (χ0n) is 21.0. The van der Waals surface area contributed by atoms with Crippen LogP contribution in [0.5, 0.6) is 0 Å². The van der Waals surface area contributed by atoms with Crippen molar-refractivity contribution < 1.29 is 5.11 Å². The average molecular weight is 460 g/mol. The summed E-state index contributed by atoms with van der Waals surface area (Å²) < 4.78 is 0. The van der Waals surface area contributed by atoms with E-state index in [0.717, 1.165) is 54.2 Å². The van der Waals surface area contributed by atoms with E-state index in [1.807, 2.05) is 7.05 Å². The number of hydrogen-bond acceptors (Lipinski definition) is 6. The van der Waals surface area contributed by atoms with Crippen LogP contribution in [-0.2, 0) is 0 Å². The molecule has 34 heavy (non-hydrogen) atoms. The van der Waals surface area contributed by atoms with E-state index in [2.05, 4.69) is 72.1 Å². The predicted octanol–water partition coefficient (Wildman–Crippen LogP) is 4.69. The van der Waals surface area contributed by atoms with Gasteiger partial charge in [0.15, 0.2) is 0 Å². The van der Waals surface area contributed by atoms with Gasteiger partial charge in [-0.15, -0.1) is 0 Å². The molecule has 1 N–H and O–H groups in total. The first-order valence-electron chi connectivity index (χ1n) is 12.6. The van der Waals surface area contributed by atoms with Gasteiger partial charge in [-0.1, -0.05) is 18.2 Å². The fourth-order valence-corrected chi connectivity index (χ4v) is 5.36. The Hall–Kier alpha value is -2.86. The van der Waals surface area contributed by atoms with Crippen molar-refractivity contribution in [2.75, 3.05) is 62.1 Å². The minimum absolute atomic E-state index is 0.139. The molecule has 0 amide bonds. The molecule has 5 rings (SSSR count). The summed E-state index contributed by atoms with van der Waals surface area (Å²) in [5, 5.41) is 10.6. The maximum absolute atomic E-state index is 9.46. The smallest absolute Gasteiger partial charge is 0.140 e. The van der Waals surface area contributed by atoms with Gasteiger partial charge < -0.3 is 19.8 Å². The zero-order valence-corrected chi connectivity index (χ0v) is 21.0. The third kappa shape index (κ3) is 4.43. The third-order valence-electron chi connectivity index (χ3n) is 7.45. The number of anilines is 3. The van der Waals surface area contributed by atoms with Crippen molar-refractivity contribution in [1.29, 1.82) is 0 Å². The van der Waals surface area contributed by atoms with Gasteiger partial charge >= 0.3 is 0 Å². The lowest BCUT2D eigenvalue weighted by Crippen LogP contribution is -2.34. The normalized spacial score (nSPS) is 16.8. The number of piperidine rings is 1. The number of aliphatic hydroxyl groups is 1. The molecule has 3 aromatic rings. The van der Waals surface area contributed by atoms with Crippen molar-refractivity contribution in [3.8, 4) is 0 Å². The average Bonchev–Trinajstić information content (AvgIpc) is 3.69. The maximum atomic E-state index is 9.46. The first-order valence-corrected chi connectivity index (χ1v) is 12.6. The first kappa shape index (κ1) is 22.9. The molecule has 6 heteroatoms. The van der Waals surface area contributed by atoms with E-state index in [0.29, 0.717) is 18.4 Å². The molecule has 6 nitrogen and oxygen atoms in total. The summed E-state index contributed by atoms with van der Waals surface area (Å²) in [7, 11) is 6.30. The largest absolute Gasteiger partial charge is 0.395 e. The fourth-order valence-electron chi connectivity index (χ4n) is 5.36. The van der Waals surface area contributed by atoms with Crippen molar-refractivity contribution in [2.45, 2.75) is 44.4 Å². The topological polar surface area (TPSA) is 55.7 Å². The minimum Gasteiger partial charge on any atom is -0.395 e. The molecule has 2 aliphatic rings. The molecule has 1 aliphatic heterocycles. The molecule has 0 radical (unpaired) electrons. The van der Waals surface area contributed by atoms with E-state index >= 15 is 0 Å². The molecule has 1 saturated heterocycles. The van der Waals surface area contributed by atoms with Gasteiger partial charge in [-0.05, 0) is 67.9 Å². The van der Waals surface area contributed by atoms with E-state index in [-0.39, 0.29) is 6.61 Å². The van der Waals surface area contributed by atoms with Crippen molar-refractivity contribution in [2.24, 2.45) is 0 Å². The summed E-state index contributed by atoms with van der Waals surface area (Å²) in [6.07, 6.45) is 4.64. The molecule has 1 aromatic heterocycles. The van der Waals surface area contributed by atoms with E-state index in [1.54, 1.807) is 0 Å². The van der Waals surface area contributed by atoms with Gasteiger partial charge in [-0.2, -0.15) is 0 Å². The highest BCUT2D eigenvalue weighted by Gasteiger charge is 2.30. The lowest BCUT2D eigenvalue weighted by Gasteiger charge is -2.35. The maximum Gasteiger partial charge on any atom is 0.140 e. The van der Waals surface area contributed by atoms with Crippen LogP contribution in [0.4, 0.5) is 17.2 Å². The van der Waals surface area contributed by atoms with Gasteiger partial charge in [0.05, 0.1) is 12.1 Å². The molecule has 1 saturated carbocycles. The standard InChI is InChI=1S/C28H37N5O/c1-19-17-24-23(18-26(19)32(4)15-16-34)28(30-27(29-24)21-9-10-21)33-13-11-20(12-14-33)22-7-5-6-8-25(22)31(2)3/h5-8,17-18,20-21,34H,9-16H2,1-4H3. The van der Waals surface area contributed by atoms with Crippen molar-refractivity contribution in [1.82, 2.24) is 9.97 Å². The van der Waals surface area contributed by atoms with E-state index in [1.165, 1.54) is 29.7 Å². The van der Waals surface area contributed by atoms with Crippen LogP contribution in [0.15, 0.2) is 36.4 Å². The SMILES string of the molecule is Cc1cc2nc(C3CC3)nc(N3CCC(c4ccccc4N(C)C)CC3)c2cc1N(C)CCO. The summed E-state index contributed by atoms with van der Waals surface area (Å²) >= 11 is 0. The highest BCUT2D eigenvalue weighted by atomic mass is 16.3. The number of benzene rings is 2. The Labute approximate surface area is 203 Å². The lowest BCUT2D eigenvalue weighted by atomic mass is 9.88. The van der Waals surface area contributed by atoms with Crippen LogP contribution in [0.3, 0.4) is 0 Å². The van der Waals surface area contributed by atoms with Crippen LogP contribution in [0, 0.1) is 6.92 Å². The summed E-state index contributed by atoms with van der Waals surface area (Å²) in [6.45, 7) is 4.88. The number of fused-ring (bicyclic) bond motifs is 1. The van der Waals surface area contributed by atoms with Gasteiger partial charge in [-0.25, -0.2) is 9.97 Å². The number of aryl methyl sites for hydroxylation is 1. The molecular formula is C28H37N5O. The van der Waals surface area contributed by atoms with Crippen LogP contribution >= 0.6 is 0 Å². The van der Waals surface area contributed by atoms with Crippen molar-refractivity contribution in [3.63, 3.8) is 0 Å². The Morgan fingerprint density at radius 3 is 2.35 bits per heavy atom. The van der Waals surface area contributed by atoms with Gasteiger partial charge in [0.2, 0.25) is 0 Å². The summed E-state index contributed by atoms with van der Waals surface area (Å²) in [4.78, 5) is 17.0. The summed E-state index contributed by atoms with van der Waals surface area (Å²) in [5.74, 6) is 3.19. The van der Waals surface area contributed by atoms with Crippen LogP contribution in [0.1, 0.15) is 54.5 Å². The number of aliphatic hydroxyl groups excluding tert-OH is 1. The number of rotatable bonds is 7. The van der Waals surface area contributed by atoms with E-state index in [9.17, 15) is 5.11 Å². The Balaban J connectivity index is 1.48. The number of aromatic nitrogens is 2. The van der Waals surface area contributed by atoms with Gasteiger partial charge in [0.25, 0.3) is 0 Å². The zero-order chi connectivity index (χ0) is 23.8. The second-order valence-corrected chi connectivity index (χ2v) is 10.2. The van der Waals surface area contributed by atoms with Crippen molar-refractivity contribution in [3.05, 3.63) is 53.3 Å². The van der Waals surface area contributed by atoms with Crippen LogP contribution in [0.25, 0.3) is 10.9 Å². The Bertz CT molecular complexity index is 1160. The number of hydrogen-bond donors (Lipinski definition) is 1. The molecule has 180 valence electrons. The van der Waals surface area contributed by atoms with Crippen molar-refractivity contribution >= 4 is 28.1 Å². The minimum atomic E-state index is 0.139. The predicted molar refractivity (Wildman–Crippen MR) is 142 cm³/mol. The quantitative estimate of drug-likeness (QED) is 0.553. The highest BCUT2D eigenvalue weighted by Crippen LogP contribution is 2.42. The fraction of sp³-hybridized carbons (Fsp3) is 0.500. The Morgan fingerprint density at radius 1 is 0.941 bits per heavy atom. The first-order chi connectivity index (χ1) is 16.5. The van der Waals surface area contributed by atoms with E-state index in [4.69, 9.17) is 9.97 Å². The molecule has 0 unspecified atom stereocenters. The molecule has 0 atom stereocenters. The molecule has 0 bridgehead atoms. The molecule has 2 aromatic carbocycles. The summed E-state index contributed by atoms with van der Waals surface area (Å²) in [6, 6.07) is 13.3. The Morgan fingerprint density at radius 2 is 1.68 bits per heavy atom. The highest BCUT2D eigenvalue weighted by molar-refractivity contribution is 5.93. The molecule has 0 spiro atoms. The lowest BCUT2D eigenvalue weighted by molar-refractivity contribution is 0.304. The van der Waals surface area contributed by atoms with Gasteiger partial charge in [-0.3, -0.25) is 0 Å². The molecule has 2 heterocycles. The monoisotopic (exact) mass is 459 g/mol. The summed E-state index contributed by atoms with van der Waals surface area (Å²) in [5.41, 5.74) is 6.17.